The molecule has 0 saturated carbocycles. The van der Waals surface area contributed by atoms with Crippen LogP contribution in [0.3, 0.4) is 0 Å². The Hall–Kier alpha value is -3.29. The van der Waals surface area contributed by atoms with Gasteiger partial charge in [0.15, 0.2) is 0 Å². The summed E-state index contributed by atoms with van der Waals surface area (Å²) >= 11 is 0. The average Bonchev–Trinajstić information content (AvgIpc) is 3.26. The fraction of sp³-hybridized carbons (Fsp3) is 0.393. The van der Waals surface area contributed by atoms with Crippen LogP contribution in [0, 0.1) is 6.92 Å². The minimum atomic E-state index is -0.174. The van der Waals surface area contributed by atoms with E-state index in [9.17, 15) is 4.79 Å². The molecule has 2 aromatic heterocycles. The number of pyridine rings is 1. The van der Waals surface area contributed by atoms with Crippen LogP contribution in [0.5, 0.6) is 0 Å². The molecule has 184 valence electrons. The zero-order valence-electron chi connectivity index (χ0n) is 20.9. The molecular weight excluding hydrogens is 438 g/mol. The first-order chi connectivity index (χ1) is 17.1. The summed E-state index contributed by atoms with van der Waals surface area (Å²) in [4.78, 5) is 20.0. The Labute approximate surface area is 207 Å². The van der Waals surface area contributed by atoms with Gasteiger partial charge in [-0.05, 0) is 56.0 Å². The number of rotatable bonds is 10. The first-order valence-electron chi connectivity index (χ1n) is 12.3. The van der Waals surface area contributed by atoms with E-state index in [-0.39, 0.29) is 5.91 Å². The van der Waals surface area contributed by atoms with E-state index in [2.05, 4.69) is 45.4 Å². The number of aromatic nitrogens is 3. The highest BCUT2D eigenvalue weighted by atomic mass is 16.5. The normalized spacial score (nSPS) is 15.8. The lowest BCUT2D eigenvalue weighted by Crippen LogP contribution is -2.38. The van der Waals surface area contributed by atoms with Crippen LogP contribution in [-0.2, 0) is 11.3 Å². The predicted molar refractivity (Wildman–Crippen MR) is 139 cm³/mol. The number of carbonyl (C=O) groups excluding carboxylic acids is 1. The number of benzene rings is 1. The van der Waals surface area contributed by atoms with Gasteiger partial charge in [0.2, 0.25) is 0 Å². The number of carbonyl (C=O) groups is 1. The Kier molecular flexibility index (Phi) is 8.45. The quantitative estimate of drug-likeness (QED) is 0.458. The van der Waals surface area contributed by atoms with Gasteiger partial charge in [-0.1, -0.05) is 43.3 Å². The van der Waals surface area contributed by atoms with Crippen molar-refractivity contribution in [1.82, 2.24) is 19.7 Å². The minimum absolute atomic E-state index is 0.174. The molecule has 1 atom stereocenters. The standard InChI is InChI=1S/C28H35N5O2/c1-4-32(16-17-35-3)25-13-10-23(11-14-25)27-15-12-24(18-29-27)31-28(34)26-19-30-33(21(26)2)20-22-8-6-5-7-9-22/h5-10,12,15,18-19,25H,4,11,13-14,16-17,20H2,1-3H3,(H,31,34). The molecule has 1 unspecified atom stereocenters. The summed E-state index contributed by atoms with van der Waals surface area (Å²) in [5.41, 5.74) is 5.49. The Balaban J connectivity index is 1.35. The Morgan fingerprint density at radius 1 is 1.20 bits per heavy atom. The van der Waals surface area contributed by atoms with Gasteiger partial charge in [-0.15, -0.1) is 0 Å². The largest absolute Gasteiger partial charge is 0.383 e. The summed E-state index contributed by atoms with van der Waals surface area (Å²) in [6.07, 6.45) is 8.84. The van der Waals surface area contributed by atoms with Crippen molar-refractivity contribution in [2.45, 2.75) is 45.7 Å². The first kappa shape index (κ1) is 24.8. The number of ether oxygens (including phenoxy) is 1. The second-order valence-corrected chi connectivity index (χ2v) is 8.95. The van der Waals surface area contributed by atoms with Gasteiger partial charge in [0.05, 0.1) is 42.5 Å². The van der Waals surface area contributed by atoms with Gasteiger partial charge in [0, 0.05) is 25.4 Å². The Bertz CT molecular complexity index is 1140. The van der Waals surface area contributed by atoms with Gasteiger partial charge in [-0.3, -0.25) is 19.4 Å². The molecule has 4 rings (SSSR count). The van der Waals surface area contributed by atoms with Crippen LogP contribution in [0.25, 0.3) is 5.57 Å². The van der Waals surface area contributed by atoms with Crippen LogP contribution in [0.15, 0.2) is 60.9 Å². The lowest BCUT2D eigenvalue weighted by atomic mass is 9.92. The van der Waals surface area contributed by atoms with Gasteiger partial charge in [-0.2, -0.15) is 5.10 Å². The number of allylic oxidation sites excluding steroid dienone is 1. The zero-order chi connectivity index (χ0) is 24.6. The maximum absolute atomic E-state index is 12.9. The van der Waals surface area contributed by atoms with Crippen LogP contribution in [0.4, 0.5) is 5.69 Å². The summed E-state index contributed by atoms with van der Waals surface area (Å²) in [7, 11) is 1.75. The number of anilines is 1. The Morgan fingerprint density at radius 3 is 2.69 bits per heavy atom. The van der Waals surface area contributed by atoms with Gasteiger partial charge < -0.3 is 10.1 Å². The maximum atomic E-state index is 12.9. The summed E-state index contributed by atoms with van der Waals surface area (Å²) in [6, 6.07) is 14.6. The SMILES string of the molecule is CCN(CCOC)C1CC=C(c2ccc(NC(=O)c3cnn(Cc4ccccc4)c3C)cn2)CC1. The highest BCUT2D eigenvalue weighted by Gasteiger charge is 2.21. The van der Waals surface area contributed by atoms with E-state index in [0.29, 0.717) is 23.8 Å². The number of hydrogen-bond donors (Lipinski definition) is 1. The van der Waals surface area contributed by atoms with Crippen LogP contribution >= 0.6 is 0 Å². The highest BCUT2D eigenvalue weighted by Crippen LogP contribution is 2.29. The highest BCUT2D eigenvalue weighted by molar-refractivity contribution is 6.04. The molecule has 7 heteroatoms. The molecule has 0 spiro atoms. The monoisotopic (exact) mass is 473 g/mol. The van der Waals surface area contributed by atoms with Crippen molar-refractivity contribution in [2.24, 2.45) is 0 Å². The lowest BCUT2D eigenvalue weighted by molar-refractivity contribution is 0.102. The molecule has 0 fully saturated rings. The van der Waals surface area contributed by atoms with Crippen molar-refractivity contribution in [2.75, 3.05) is 32.1 Å². The van der Waals surface area contributed by atoms with Crippen LogP contribution in [0.1, 0.15) is 53.5 Å². The third kappa shape index (κ3) is 6.24. The second-order valence-electron chi connectivity index (χ2n) is 8.95. The van der Waals surface area contributed by atoms with E-state index >= 15 is 0 Å². The molecule has 0 radical (unpaired) electrons. The molecule has 1 aromatic carbocycles. The molecule has 1 N–H and O–H groups in total. The molecule has 3 aromatic rings. The topological polar surface area (TPSA) is 72.3 Å². The molecule has 1 aliphatic rings. The summed E-state index contributed by atoms with van der Waals surface area (Å²) in [5, 5.41) is 7.38. The van der Waals surface area contributed by atoms with Gasteiger partial charge in [-0.25, -0.2) is 0 Å². The molecule has 0 saturated heterocycles. The van der Waals surface area contributed by atoms with Crippen molar-refractivity contribution in [3.63, 3.8) is 0 Å². The van der Waals surface area contributed by atoms with E-state index in [1.807, 2.05) is 41.9 Å². The number of hydrogen-bond acceptors (Lipinski definition) is 5. The maximum Gasteiger partial charge on any atom is 0.259 e. The van der Waals surface area contributed by atoms with E-state index < -0.39 is 0 Å². The molecule has 35 heavy (non-hydrogen) atoms. The molecular formula is C28H35N5O2. The second kappa shape index (κ2) is 11.9. The van der Waals surface area contributed by atoms with Crippen molar-refractivity contribution < 1.29 is 9.53 Å². The number of nitrogens with one attached hydrogen (secondary N) is 1. The lowest BCUT2D eigenvalue weighted by Gasteiger charge is -2.32. The summed E-state index contributed by atoms with van der Waals surface area (Å²) in [5.74, 6) is -0.174. The van der Waals surface area contributed by atoms with Crippen LogP contribution < -0.4 is 5.32 Å². The average molecular weight is 474 g/mol. The molecule has 0 aliphatic heterocycles. The van der Waals surface area contributed by atoms with E-state index in [1.54, 1.807) is 19.5 Å². The van der Waals surface area contributed by atoms with E-state index in [1.165, 1.54) is 5.57 Å². The number of nitrogens with zero attached hydrogens (tertiary/aromatic N) is 4. The fourth-order valence-electron chi connectivity index (χ4n) is 4.63. The third-order valence-electron chi connectivity index (χ3n) is 6.76. The van der Waals surface area contributed by atoms with Gasteiger partial charge in [0.1, 0.15) is 0 Å². The number of likely N-dealkylation sites (N-methyl/N-ethyl adjacent to an activating group) is 1. The van der Waals surface area contributed by atoms with Crippen molar-refractivity contribution in [3.8, 4) is 0 Å². The molecule has 1 amide bonds. The Morgan fingerprint density at radius 2 is 2.03 bits per heavy atom. The predicted octanol–water partition coefficient (Wildman–Crippen LogP) is 4.79. The first-order valence-corrected chi connectivity index (χ1v) is 12.3. The smallest absolute Gasteiger partial charge is 0.259 e. The zero-order valence-corrected chi connectivity index (χ0v) is 20.9. The van der Waals surface area contributed by atoms with Crippen LogP contribution in [0.2, 0.25) is 0 Å². The minimum Gasteiger partial charge on any atom is -0.383 e. The molecule has 1 aliphatic carbocycles. The summed E-state index contributed by atoms with van der Waals surface area (Å²) in [6.45, 7) is 7.54. The fourth-order valence-corrected chi connectivity index (χ4v) is 4.63. The molecule has 2 heterocycles. The third-order valence-corrected chi connectivity index (χ3v) is 6.76. The van der Waals surface area contributed by atoms with Crippen molar-refractivity contribution >= 4 is 17.2 Å². The number of methoxy groups -OCH3 is 1. The molecule has 7 nitrogen and oxygen atoms in total. The van der Waals surface area contributed by atoms with Crippen molar-refractivity contribution in [3.05, 3.63) is 83.4 Å². The van der Waals surface area contributed by atoms with Gasteiger partial charge >= 0.3 is 0 Å². The van der Waals surface area contributed by atoms with Crippen LogP contribution in [-0.4, -0.2) is 58.4 Å². The van der Waals surface area contributed by atoms with Gasteiger partial charge in [0.25, 0.3) is 5.91 Å². The van der Waals surface area contributed by atoms with E-state index in [4.69, 9.17) is 4.74 Å². The van der Waals surface area contributed by atoms with Crippen molar-refractivity contribution in [1.29, 1.82) is 0 Å². The van der Waals surface area contributed by atoms with E-state index in [0.717, 1.165) is 55.9 Å². The number of amides is 1. The summed E-state index contributed by atoms with van der Waals surface area (Å²) < 4.78 is 7.10. The molecule has 0 bridgehead atoms.